The van der Waals surface area contributed by atoms with Crippen LogP contribution in [0.2, 0.25) is 0 Å². The van der Waals surface area contributed by atoms with E-state index >= 15 is 0 Å². The third kappa shape index (κ3) is 9.00. The Morgan fingerprint density at radius 1 is 0.897 bits per heavy atom. The van der Waals surface area contributed by atoms with E-state index in [1.54, 1.807) is 38.4 Å². The fourth-order valence-electron chi connectivity index (χ4n) is 3.68. The van der Waals surface area contributed by atoms with Crippen LogP contribution in [0, 0.1) is 0 Å². The van der Waals surface area contributed by atoms with Crippen molar-refractivity contribution in [2.45, 2.75) is 32.5 Å². The van der Waals surface area contributed by atoms with Crippen LogP contribution < -0.4 is 21.3 Å². The molecule has 1 heterocycles. The Morgan fingerprint density at radius 3 is 2.03 bits per heavy atom. The quantitative estimate of drug-likeness (QED) is 0.196. The lowest BCUT2D eigenvalue weighted by atomic mass is 10.0. The Kier molecular flexibility index (Phi) is 9.81. The topological polar surface area (TPSA) is 173 Å². The highest BCUT2D eigenvalue weighted by molar-refractivity contribution is 7.15. The summed E-state index contributed by atoms with van der Waals surface area (Å²) in [4.78, 5) is 52.7. The van der Waals surface area contributed by atoms with Crippen LogP contribution in [0.5, 0.6) is 0 Å². The standard InChI is InChI=1S/C26H30N6O6S/c1-15(33)27-24-29-20(21(39-24)14-17-4-9-18(10-5-17)22(34)32(2)3)13-8-16-6-11-19(12-7-16)28-23(30-25(35)36)31-26(37)38/h4-7,9-12,23,28,30-31H,8,13-14H2,1-3H3,(H,35,36)(H,37,38)(H,27,29,33). The van der Waals surface area contributed by atoms with Gasteiger partial charge in [-0.25, -0.2) is 14.6 Å². The van der Waals surface area contributed by atoms with Crippen LogP contribution in [0.15, 0.2) is 48.5 Å². The second kappa shape index (κ2) is 13.2. The molecule has 39 heavy (non-hydrogen) atoms. The monoisotopic (exact) mass is 554 g/mol. The first-order valence-corrected chi connectivity index (χ1v) is 12.7. The van der Waals surface area contributed by atoms with Gasteiger partial charge in [-0.3, -0.25) is 20.2 Å². The zero-order valence-corrected chi connectivity index (χ0v) is 22.5. The molecule has 4 amide bonds. The van der Waals surface area contributed by atoms with Crippen molar-refractivity contribution in [2.24, 2.45) is 0 Å². The van der Waals surface area contributed by atoms with E-state index in [1.165, 1.54) is 23.2 Å². The van der Waals surface area contributed by atoms with Crippen molar-refractivity contribution in [1.29, 1.82) is 0 Å². The molecule has 3 rings (SSSR count). The normalized spacial score (nSPS) is 10.6. The van der Waals surface area contributed by atoms with Gasteiger partial charge >= 0.3 is 12.2 Å². The Morgan fingerprint density at radius 2 is 1.49 bits per heavy atom. The smallest absolute Gasteiger partial charge is 0.407 e. The molecule has 0 saturated heterocycles. The van der Waals surface area contributed by atoms with Gasteiger partial charge in [0.2, 0.25) is 5.91 Å². The number of rotatable bonds is 11. The zero-order chi connectivity index (χ0) is 28.5. The maximum Gasteiger partial charge on any atom is 0.407 e. The molecule has 0 unspecified atom stereocenters. The number of anilines is 2. The van der Waals surface area contributed by atoms with Crippen LogP contribution in [-0.2, 0) is 24.1 Å². The van der Waals surface area contributed by atoms with Crippen molar-refractivity contribution in [3.63, 3.8) is 0 Å². The van der Waals surface area contributed by atoms with Crippen molar-refractivity contribution < 1.29 is 29.4 Å². The Labute approximate surface area is 229 Å². The summed E-state index contributed by atoms with van der Waals surface area (Å²) in [5, 5.41) is 27.9. The molecule has 0 radical (unpaired) electrons. The molecular formula is C26H30N6O6S. The van der Waals surface area contributed by atoms with Crippen LogP contribution >= 0.6 is 11.3 Å². The highest BCUT2D eigenvalue weighted by Crippen LogP contribution is 2.27. The molecule has 3 aromatic rings. The first-order chi connectivity index (χ1) is 18.5. The molecule has 0 spiro atoms. The number of aromatic nitrogens is 1. The minimum Gasteiger partial charge on any atom is -0.465 e. The number of hydrogen-bond donors (Lipinski definition) is 6. The van der Waals surface area contributed by atoms with E-state index in [4.69, 9.17) is 10.2 Å². The maximum atomic E-state index is 12.2. The van der Waals surface area contributed by atoms with Gasteiger partial charge in [0.05, 0.1) is 5.69 Å². The molecule has 2 aromatic carbocycles. The number of benzene rings is 2. The summed E-state index contributed by atoms with van der Waals surface area (Å²) in [5.41, 5.74) is 3.98. The van der Waals surface area contributed by atoms with Crippen molar-refractivity contribution in [3.8, 4) is 0 Å². The van der Waals surface area contributed by atoms with Gasteiger partial charge < -0.3 is 25.7 Å². The molecule has 13 heteroatoms. The lowest BCUT2D eigenvalue weighted by Gasteiger charge is -2.19. The summed E-state index contributed by atoms with van der Waals surface area (Å²) in [6.45, 7) is 1.43. The van der Waals surface area contributed by atoms with Gasteiger partial charge in [-0.15, -0.1) is 11.3 Å². The molecule has 0 saturated carbocycles. The molecule has 0 aliphatic carbocycles. The van der Waals surface area contributed by atoms with Crippen LogP contribution in [0.4, 0.5) is 20.4 Å². The average molecular weight is 555 g/mol. The van der Waals surface area contributed by atoms with Gasteiger partial charge in [0, 0.05) is 43.6 Å². The maximum absolute atomic E-state index is 12.2. The van der Waals surface area contributed by atoms with E-state index in [0.717, 1.165) is 21.7 Å². The second-order valence-corrected chi connectivity index (χ2v) is 9.90. The SMILES string of the molecule is CC(=O)Nc1nc(CCc2ccc(NC(NC(=O)O)NC(=O)O)cc2)c(Cc2ccc(C(=O)N(C)C)cc2)s1. The summed E-state index contributed by atoms with van der Waals surface area (Å²) in [6.07, 6.45) is -2.12. The number of amides is 4. The summed E-state index contributed by atoms with van der Waals surface area (Å²) in [5.74, 6) is -0.273. The number of thiazole rings is 1. The fourth-order valence-corrected chi connectivity index (χ4v) is 4.77. The van der Waals surface area contributed by atoms with Gasteiger partial charge in [0.25, 0.3) is 5.91 Å². The second-order valence-electron chi connectivity index (χ2n) is 8.82. The van der Waals surface area contributed by atoms with Crippen molar-refractivity contribution >= 4 is 46.2 Å². The zero-order valence-electron chi connectivity index (χ0n) is 21.6. The van der Waals surface area contributed by atoms with Gasteiger partial charge in [0.1, 0.15) is 0 Å². The van der Waals surface area contributed by atoms with Gasteiger partial charge in [0.15, 0.2) is 11.4 Å². The molecule has 0 bridgehead atoms. The Balaban J connectivity index is 1.70. The molecule has 0 atom stereocenters. The van der Waals surface area contributed by atoms with E-state index < -0.39 is 18.5 Å². The molecule has 0 aliphatic rings. The van der Waals surface area contributed by atoms with Crippen molar-refractivity contribution in [1.82, 2.24) is 20.5 Å². The number of hydrogen-bond acceptors (Lipinski definition) is 7. The van der Waals surface area contributed by atoms with Crippen LogP contribution in [0.25, 0.3) is 0 Å². The van der Waals surface area contributed by atoms with E-state index in [-0.39, 0.29) is 11.8 Å². The highest BCUT2D eigenvalue weighted by atomic mass is 32.1. The predicted octanol–water partition coefficient (Wildman–Crippen LogP) is 3.41. The number of nitrogens with zero attached hydrogens (tertiary/aromatic N) is 2. The lowest BCUT2D eigenvalue weighted by molar-refractivity contribution is -0.114. The van der Waals surface area contributed by atoms with Crippen LogP contribution in [0.1, 0.15) is 39.0 Å². The summed E-state index contributed by atoms with van der Waals surface area (Å²) in [6, 6.07) is 14.6. The largest absolute Gasteiger partial charge is 0.465 e. The highest BCUT2D eigenvalue weighted by Gasteiger charge is 2.15. The van der Waals surface area contributed by atoms with Crippen LogP contribution in [-0.4, -0.2) is 64.5 Å². The first-order valence-electron chi connectivity index (χ1n) is 11.9. The third-order valence-corrected chi connectivity index (χ3v) is 6.50. The summed E-state index contributed by atoms with van der Waals surface area (Å²) in [7, 11) is 3.41. The van der Waals surface area contributed by atoms with Gasteiger partial charge in [-0.2, -0.15) is 0 Å². The molecule has 1 aromatic heterocycles. The molecular weight excluding hydrogens is 524 g/mol. The average Bonchev–Trinajstić information content (AvgIpc) is 3.22. The molecule has 12 nitrogen and oxygen atoms in total. The minimum absolute atomic E-state index is 0.0685. The number of carbonyl (C=O) groups is 4. The lowest BCUT2D eigenvalue weighted by Crippen LogP contribution is -2.52. The summed E-state index contributed by atoms with van der Waals surface area (Å²) < 4.78 is 0. The summed E-state index contributed by atoms with van der Waals surface area (Å²) >= 11 is 1.41. The molecule has 0 aliphatic heterocycles. The number of nitrogens with one attached hydrogen (secondary N) is 4. The Bertz CT molecular complexity index is 1310. The van der Waals surface area contributed by atoms with E-state index in [2.05, 4.69) is 15.6 Å². The fraction of sp³-hybridized carbons (Fsp3) is 0.269. The minimum atomic E-state index is -1.38. The van der Waals surface area contributed by atoms with Gasteiger partial charge in [-0.05, 0) is 48.2 Å². The number of carboxylic acid groups (broad SMARTS) is 2. The predicted molar refractivity (Wildman–Crippen MR) is 147 cm³/mol. The van der Waals surface area contributed by atoms with Crippen molar-refractivity contribution in [2.75, 3.05) is 24.7 Å². The van der Waals surface area contributed by atoms with Gasteiger partial charge in [-0.1, -0.05) is 24.3 Å². The number of carbonyl (C=O) groups excluding carboxylic acids is 2. The molecule has 0 fully saturated rings. The Hall–Kier alpha value is -4.65. The third-order valence-electron chi connectivity index (χ3n) is 5.48. The number of aryl methyl sites for hydroxylation is 2. The van der Waals surface area contributed by atoms with Crippen LogP contribution in [0.3, 0.4) is 0 Å². The van der Waals surface area contributed by atoms with E-state index in [9.17, 15) is 19.2 Å². The van der Waals surface area contributed by atoms with E-state index in [0.29, 0.717) is 35.6 Å². The van der Waals surface area contributed by atoms with Crippen molar-refractivity contribution in [3.05, 3.63) is 75.8 Å². The molecule has 206 valence electrons. The first kappa shape index (κ1) is 28.9. The molecule has 6 N–H and O–H groups in total. The van der Waals surface area contributed by atoms with E-state index in [1.807, 2.05) is 34.9 Å².